The van der Waals surface area contributed by atoms with Gasteiger partial charge in [-0.05, 0) is 44.3 Å². The highest BCUT2D eigenvalue weighted by Crippen LogP contribution is 2.22. The van der Waals surface area contributed by atoms with Crippen LogP contribution in [-0.2, 0) is 0 Å². The lowest BCUT2D eigenvalue weighted by Crippen LogP contribution is -2.52. The smallest absolute Gasteiger partial charge is 0.119 e. The molecule has 1 unspecified atom stereocenters. The van der Waals surface area contributed by atoms with Gasteiger partial charge in [0.1, 0.15) is 5.75 Å². The number of rotatable bonds is 4. The first-order valence-electron chi connectivity index (χ1n) is 6.54. The summed E-state index contributed by atoms with van der Waals surface area (Å²) in [5.74, 6) is 0.909. The highest BCUT2D eigenvalue weighted by atomic mass is 16.5. The summed E-state index contributed by atoms with van der Waals surface area (Å²) in [5, 5.41) is 0. The number of anilines is 1. The average Bonchev–Trinajstić information content (AvgIpc) is 2.42. The summed E-state index contributed by atoms with van der Waals surface area (Å²) in [6.07, 6.45) is 1.06. The molecule has 2 N–H and O–H groups in total. The summed E-state index contributed by atoms with van der Waals surface area (Å²) in [4.78, 5) is 4.84. The Morgan fingerprint density at radius 1 is 1.28 bits per heavy atom. The molecular weight excluding hydrogens is 226 g/mol. The minimum atomic E-state index is 0.561. The van der Waals surface area contributed by atoms with Crippen molar-refractivity contribution < 1.29 is 4.74 Å². The van der Waals surface area contributed by atoms with Crippen molar-refractivity contribution >= 4 is 5.69 Å². The maximum atomic E-state index is 5.68. The van der Waals surface area contributed by atoms with Gasteiger partial charge in [-0.2, -0.15) is 0 Å². The van der Waals surface area contributed by atoms with Crippen LogP contribution in [0.15, 0.2) is 24.3 Å². The number of nitrogens with zero attached hydrogens (tertiary/aromatic N) is 2. The van der Waals surface area contributed by atoms with Crippen LogP contribution in [0.1, 0.15) is 6.42 Å². The van der Waals surface area contributed by atoms with Crippen molar-refractivity contribution in [2.75, 3.05) is 45.2 Å². The van der Waals surface area contributed by atoms with E-state index in [2.05, 4.69) is 29.0 Å². The molecule has 1 atom stereocenters. The zero-order valence-corrected chi connectivity index (χ0v) is 11.3. The van der Waals surface area contributed by atoms with Gasteiger partial charge in [0.2, 0.25) is 0 Å². The van der Waals surface area contributed by atoms with E-state index in [1.165, 1.54) is 5.69 Å². The number of nitrogens with two attached hydrogens (primary N) is 1. The molecule has 4 nitrogen and oxygen atoms in total. The molecule has 1 aromatic rings. The number of likely N-dealkylation sites (N-methyl/N-ethyl adjacent to an activating group) is 1. The van der Waals surface area contributed by atoms with Crippen molar-refractivity contribution in [2.45, 2.75) is 12.5 Å². The first kappa shape index (κ1) is 13.2. The molecule has 0 bridgehead atoms. The van der Waals surface area contributed by atoms with Crippen LogP contribution in [0.3, 0.4) is 0 Å². The van der Waals surface area contributed by atoms with Gasteiger partial charge in [-0.3, -0.25) is 4.90 Å². The summed E-state index contributed by atoms with van der Waals surface area (Å²) in [6, 6.07) is 8.86. The molecule has 1 aliphatic rings. The van der Waals surface area contributed by atoms with E-state index in [4.69, 9.17) is 10.5 Å². The summed E-state index contributed by atoms with van der Waals surface area (Å²) < 4.78 is 5.19. The summed E-state index contributed by atoms with van der Waals surface area (Å²) in [5.41, 5.74) is 6.95. The molecule has 18 heavy (non-hydrogen) atoms. The Hall–Kier alpha value is -1.26. The van der Waals surface area contributed by atoms with Crippen LogP contribution in [0.5, 0.6) is 5.75 Å². The largest absolute Gasteiger partial charge is 0.497 e. The monoisotopic (exact) mass is 249 g/mol. The molecular formula is C14H23N3O. The van der Waals surface area contributed by atoms with Crippen molar-refractivity contribution in [1.82, 2.24) is 4.90 Å². The molecule has 1 heterocycles. The molecule has 1 fully saturated rings. The fourth-order valence-corrected chi connectivity index (χ4v) is 2.48. The van der Waals surface area contributed by atoms with Gasteiger partial charge in [-0.1, -0.05) is 0 Å². The SMILES string of the molecule is COc1ccc(N2CCN(C)C(CCN)C2)cc1. The number of methoxy groups -OCH3 is 1. The second kappa shape index (κ2) is 6.07. The Kier molecular flexibility index (Phi) is 4.44. The highest BCUT2D eigenvalue weighted by Gasteiger charge is 2.23. The lowest BCUT2D eigenvalue weighted by molar-refractivity contribution is 0.210. The van der Waals surface area contributed by atoms with Gasteiger partial charge in [-0.15, -0.1) is 0 Å². The molecule has 0 amide bonds. The van der Waals surface area contributed by atoms with E-state index >= 15 is 0 Å². The molecule has 0 aromatic heterocycles. The third-order valence-corrected chi connectivity index (χ3v) is 3.71. The Balaban J connectivity index is 2.03. The molecule has 0 saturated carbocycles. The number of benzene rings is 1. The van der Waals surface area contributed by atoms with Gasteiger partial charge in [0.25, 0.3) is 0 Å². The van der Waals surface area contributed by atoms with E-state index in [-0.39, 0.29) is 0 Å². The predicted molar refractivity (Wildman–Crippen MR) is 75.3 cm³/mol. The molecule has 1 aliphatic heterocycles. The second-order valence-corrected chi connectivity index (χ2v) is 4.86. The van der Waals surface area contributed by atoms with Gasteiger partial charge < -0.3 is 15.4 Å². The molecule has 4 heteroatoms. The molecule has 0 spiro atoms. The highest BCUT2D eigenvalue weighted by molar-refractivity contribution is 5.49. The summed E-state index contributed by atoms with van der Waals surface area (Å²) >= 11 is 0. The van der Waals surface area contributed by atoms with Crippen LogP contribution in [-0.4, -0.2) is 51.3 Å². The average molecular weight is 249 g/mol. The molecule has 1 aromatic carbocycles. The van der Waals surface area contributed by atoms with Crippen LogP contribution in [0.25, 0.3) is 0 Å². The van der Waals surface area contributed by atoms with Crippen LogP contribution < -0.4 is 15.4 Å². The zero-order chi connectivity index (χ0) is 13.0. The van der Waals surface area contributed by atoms with Crippen molar-refractivity contribution in [3.05, 3.63) is 24.3 Å². The van der Waals surface area contributed by atoms with Gasteiger partial charge in [0, 0.05) is 31.4 Å². The Bertz CT molecular complexity index is 366. The van der Waals surface area contributed by atoms with Crippen molar-refractivity contribution in [3.8, 4) is 5.75 Å². The van der Waals surface area contributed by atoms with Crippen LogP contribution in [0.4, 0.5) is 5.69 Å². The van der Waals surface area contributed by atoms with E-state index in [1.807, 2.05) is 12.1 Å². The van der Waals surface area contributed by atoms with E-state index in [1.54, 1.807) is 7.11 Å². The standard InChI is InChI=1S/C14H23N3O/c1-16-9-10-17(11-13(16)7-8-15)12-3-5-14(18-2)6-4-12/h3-6,13H,7-11,15H2,1-2H3. The normalized spacial score (nSPS) is 21.1. The maximum Gasteiger partial charge on any atom is 0.119 e. The van der Waals surface area contributed by atoms with Crippen molar-refractivity contribution in [1.29, 1.82) is 0 Å². The van der Waals surface area contributed by atoms with Gasteiger partial charge in [0.05, 0.1) is 7.11 Å². The first-order valence-corrected chi connectivity index (χ1v) is 6.54. The van der Waals surface area contributed by atoms with Crippen LogP contribution in [0, 0.1) is 0 Å². The van der Waals surface area contributed by atoms with Gasteiger partial charge in [0.15, 0.2) is 0 Å². The minimum Gasteiger partial charge on any atom is -0.497 e. The lowest BCUT2D eigenvalue weighted by atomic mass is 10.1. The molecule has 0 aliphatic carbocycles. The van der Waals surface area contributed by atoms with Crippen LogP contribution in [0.2, 0.25) is 0 Å². The second-order valence-electron chi connectivity index (χ2n) is 4.86. The topological polar surface area (TPSA) is 41.7 Å². The van der Waals surface area contributed by atoms with E-state index in [0.717, 1.165) is 38.3 Å². The predicted octanol–water partition coefficient (Wildman–Crippen LogP) is 1.16. The quantitative estimate of drug-likeness (QED) is 0.869. The molecule has 1 saturated heterocycles. The van der Waals surface area contributed by atoms with E-state index in [0.29, 0.717) is 6.04 Å². The zero-order valence-electron chi connectivity index (χ0n) is 11.3. The van der Waals surface area contributed by atoms with Gasteiger partial charge >= 0.3 is 0 Å². The Morgan fingerprint density at radius 2 is 2.00 bits per heavy atom. The lowest BCUT2D eigenvalue weighted by Gasteiger charge is -2.40. The first-order chi connectivity index (χ1) is 8.74. The van der Waals surface area contributed by atoms with E-state index < -0.39 is 0 Å². The molecule has 100 valence electrons. The fourth-order valence-electron chi connectivity index (χ4n) is 2.48. The number of piperazine rings is 1. The van der Waals surface area contributed by atoms with Gasteiger partial charge in [-0.25, -0.2) is 0 Å². The third-order valence-electron chi connectivity index (χ3n) is 3.71. The number of hydrogen-bond donors (Lipinski definition) is 1. The van der Waals surface area contributed by atoms with Crippen LogP contribution >= 0.6 is 0 Å². The minimum absolute atomic E-state index is 0.561. The Morgan fingerprint density at radius 3 is 2.61 bits per heavy atom. The summed E-state index contributed by atoms with van der Waals surface area (Å²) in [6.45, 7) is 3.98. The Labute approximate surface area is 109 Å². The number of ether oxygens (including phenoxy) is 1. The third kappa shape index (κ3) is 2.94. The van der Waals surface area contributed by atoms with Crippen molar-refractivity contribution in [2.24, 2.45) is 5.73 Å². The number of hydrogen-bond acceptors (Lipinski definition) is 4. The molecule has 2 rings (SSSR count). The fraction of sp³-hybridized carbons (Fsp3) is 0.571. The maximum absolute atomic E-state index is 5.68. The molecule has 0 radical (unpaired) electrons. The van der Waals surface area contributed by atoms with E-state index in [9.17, 15) is 0 Å². The summed E-state index contributed by atoms with van der Waals surface area (Å²) in [7, 11) is 3.88. The van der Waals surface area contributed by atoms with Crippen molar-refractivity contribution in [3.63, 3.8) is 0 Å².